The van der Waals surface area contributed by atoms with Gasteiger partial charge in [0.2, 0.25) is 0 Å². The molecular weight excluding hydrogens is 328 g/mol. The van der Waals surface area contributed by atoms with Gasteiger partial charge in [0.25, 0.3) is 5.91 Å². The number of hydrogen-bond acceptors (Lipinski definition) is 6. The van der Waals surface area contributed by atoms with Gasteiger partial charge in [0, 0.05) is 31.7 Å². The molecule has 0 saturated heterocycles. The average Bonchev–Trinajstić information content (AvgIpc) is 2.68. The van der Waals surface area contributed by atoms with Crippen LogP contribution in [-0.2, 0) is 6.54 Å². The smallest absolute Gasteiger partial charge is 0.275 e. The number of rotatable bonds is 6. The minimum absolute atomic E-state index is 0.255. The normalized spacial score (nSPS) is 10.2. The molecule has 0 bridgehead atoms. The maximum absolute atomic E-state index is 12.3. The second-order valence-corrected chi connectivity index (χ2v) is 5.86. The maximum atomic E-state index is 12.3. The summed E-state index contributed by atoms with van der Waals surface area (Å²) in [7, 11) is 3.93. The van der Waals surface area contributed by atoms with Crippen LogP contribution in [0.5, 0.6) is 0 Å². The molecule has 7 heteroatoms. The lowest BCUT2D eigenvalue weighted by Gasteiger charge is -2.13. The van der Waals surface area contributed by atoms with Crippen LogP contribution in [0.25, 0.3) is 0 Å². The number of pyridine rings is 1. The van der Waals surface area contributed by atoms with Crippen molar-refractivity contribution in [2.45, 2.75) is 6.54 Å². The van der Waals surface area contributed by atoms with Crippen LogP contribution < -0.4 is 15.5 Å². The number of carbonyl (C=O) groups excluding carboxylic acids is 1. The molecule has 2 heterocycles. The van der Waals surface area contributed by atoms with Crippen molar-refractivity contribution in [1.29, 1.82) is 0 Å². The summed E-state index contributed by atoms with van der Waals surface area (Å²) in [5.74, 6) is 0.286. The van der Waals surface area contributed by atoms with Crippen LogP contribution in [0.15, 0.2) is 61.1 Å². The first-order valence-electron chi connectivity index (χ1n) is 8.16. The van der Waals surface area contributed by atoms with Crippen LogP contribution in [0.4, 0.5) is 17.2 Å². The van der Waals surface area contributed by atoms with Crippen molar-refractivity contribution in [3.05, 3.63) is 72.4 Å². The fraction of sp³-hybridized carbons (Fsp3) is 0.158. The number of amides is 1. The van der Waals surface area contributed by atoms with E-state index in [2.05, 4.69) is 25.6 Å². The molecular formula is C19H20N6O. The molecule has 2 N–H and O–H groups in total. The third-order valence-corrected chi connectivity index (χ3v) is 3.70. The Morgan fingerprint density at radius 3 is 2.42 bits per heavy atom. The van der Waals surface area contributed by atoms with E-state index in [0.29, 0.717) is 18.1 Å². The quantitative estimate of drug-likeness (QED) is 0.713. The predicted octanol–water partition coefficient (Wildman–Crippen LogP) is 2.80. The van der Waals surface area contributed by atoms with Gasteiger partial charge in [-0.15, -0.1) is 0 Å². The molecule has 3 aromatic rings. The molecule has 0 unspecified atom stereocenters. The summed E-state index contributed by atoms with van der Waals surface area (Å²) in [5.41, 5.74) is 2.92. The Labute approximate surface area is 152 Å². The fourth-order valence-corrected chi connectivity index (χ4v) is 2.26. The molecule has 7 nitrogen and oxygen atoms in total. The largest absolute Gasteiger partial charge is 0.378 e. The highest BCUT2D eigenvalue weighted by molar-refractivity contribution is 6.02. The minimum Gasteiger partial charge on any atom is -0.378 e. The third-order valence-electron chi connectivity index (χ3n) is 3.70. The highest BCUT2D eigenvalue weighted by Gasteiger charge is 2.09. The van der Waals surface area contributed by atoms with Gasteiger partial charge >= 0.3 is 0 Å². The summed E-state index contributed by atoms with van der Waals surface area (Å²) in [6.07, 6.45) is 4.72. The Kier molecular flexibility index (Phi) is 5.38. The fourth-order valence-electron chi connectivity index (χ4n) is 2.26. The Morgan fingerprint density at radius 2 is 1.81 bits per heavy atom. The molecule has 0 aliphatic rings. The zero-order valence-electron chi connectivity index (χ0n) is 14.7. The van der Waals surface area contributed by atoms with Crippen LogP contribution >= 0.6 is 0 Å². The Balaban J connectivity index is 1.58. The van der Waals surface area contributed by atoms with Crippen LogP contribution in [0.3, 0.4) is 0 Å². The Hall–Kier alpha value is -3.48. The van der Waals surface area contributed by atoms with Crippen molar-refractivity contribution >= 4 is 23.1 Å². The summed E-state index contributed by atoms with van der Waals surface area (Å²) < 4.78 is 0. The highest BCUT2D eigenvalue weighted by Crippen LogP contribution is 2.16. The summed E-state index contributed by atoms with van der Waals surface area (Å²) in [6, 6.07) is 13.3. The van der Waals surface area contributed by atoms with E-state index < -0.39 is 0 Å². The highest BCUT2D eigenvalue weighted by atomic mass is 16.1. The zero-order valence-corrected chi connectivity index (χ0v) is 14.7. The number of carbonyl (C=O) groups is 1. The van der Waals surface area contributed by atoms with Gasteiger partial charge in [0.05, 0.1) is 24.6 Å². The molecule has 1 amide bonds. The first kappa shape index (κ1) is 17.3. The molecule has 0 saturated carbocycles. The molecule has 26 heavy (non-hydrogen) atoms. The van der Waals surface area contributed by atoms with Crippen molar-refractivity contribution in [1.82, 2.24) is 15.0 Å². The standard InChI is InChI=1S/C19H20N6O/c1-25(2)16-8-6-14(7-9-16)24-19(26)17-12-23-18(13-21-17)22-11-15-5-3-4-10-20-15/h3-10,12-13H,11H2,1-2H3,(H,22,23)(H,24,26). The van der Waals surface area contributed by atoms with Crippen molar-refractivity contribution in [3.63, 3.8) is 0 Å². The van der Waals surface area contributed by atoms with Crippen molar-refractivity contribution in [2.75, 3.05) is 29.6 Å². The van der Waals surface area contributed by atoms with Crippen molar-refractivity contribution < 1.29 is 4.79 Å². The number of nitrogens with one attached hydrogen (secondary N) is 2. The Morgan fingerprint density at radius 1 is 1.00 bits per heavy atom. The van der Waals surface area contributed by atoms with E-state index in [4.69, 9.17) is 0 Å². The van der Waals surface area contributed by atoms with Gasteiger partial charge in [0.15, 0.2) is 0 Å². The second-order valence-electron chi connectivity index (χ2n) is 5.86. The molecule has 0 radical (unpaired) electrons. The van der Waals surface area contributed by atoms with E-state index >= 15 is 0 Å². The number of anilines is 3. The lowest BCUT2D eigenvalue weighted by atomic mass is 10.2. The first-order chi connectivity index (χ1) is 12.6. The molecule has 0 atom stereocenters. The van der Waals surface area contributed by atoms with Crippen LogP contribution in [0.1, 0.15) is 16.2 Å². The molecule has 0 fully saturated rings. The maximum Gasteiger partial charge on any atom is 0.275 e. The van der Waals surface area contributed by atoms with E-state index in [1.807, 2.05) is 61.5 Å². The number of nitrogens with zero attached hydrogens (tertiary/aromatic N) is 4. The second kappa shape index (κ2) is 8.06. The monoisotopic (exact) mass is 348 g/mol. The molecule has 132 valence electrons. The SMILES string of the molecule is CN(C)c1ccc(NC(=O)c2cnc(NCc3ccccn3)cn2)cc1. The summed E-state index contributed by atoms with van der Waals surface area (Å²) in [4.78, 5) is 26.9. The number of benzene rings is 1. The number of hydrogen-bond donors (Lipinski definition) is 2. The summed E-state index contributed by atoms with van der Waals surface area (Å²) >= 11 is 0. The van der Waals surface area contributed by atoms with Crippen molar-refractivity contribution in [3.8, 4) is 0 Å². The minimum atomic E-state index is -0.300. The lowest BCUT2D eigenvalue weighted by molar-refractivity contribution is 0.102. The van der Waals surface area contributed by atoms with E-state index in [9.17, 15) is 4.79 Å². The predicted molar refractivity (Wildman–Crippen MR) is 102 cm³/mol. The summed E-state index contributed by atoms with van der Waals surface area (Å²) in [6.45, 7) is 0.541. The van der Waals surface area contributed by atoms with Gasteiger partial charge in [-0.3, -0.25) is 9.78 Å². The number of aromatic nitrogens is 3. The zero-order chi connectivity index (χ0) is 18.4. The van der Waals surface area contributed by atoms with E-state index in [1.54, 1.807) is 6.20 Å². The third kappa shape index (κ3) is 4.54. The molecule has 0 spiro atoms. The van der Waals surface area contributed by atoms with Crippen LogP contribution in [-0.4, -0.2) is 35.0 Å². The van der Waals surface area contributed by atoms with Gasteiger partial charge in [-0.1, -0.05) is 6.07 Å². The van der Waals surface area contributed by atoms with Crippen LogP contribution in [0.2, 0.25) is 0 Å². The van der Waals surface area contributed by atoms with Gasteiger partial charge in [0.1, 0.15) is 11.5 Å². The lowest BCUT2D eigenvalue weighted by Crippen LogP contribution is -2.15. The molecule has 1 aromatic carbocycles. The topological polar surface area (TPSA) is 83.0 Å². The van der Waals surface area contributed by atoms with Crippen LogP contribution in [0, 0.1) is 0 Å². The van der Waals surface area contributed by atoms with E-state index in [1.165, 1.54) is 12.4 Å². The first-order valence-corrected chi connectivity index (χ1v) is 8.16. The summed E-state index contributed by atoms with van der Waals surface area (Å²) in [5, 5.41) is 5.93. The molecule has 2 aromatic heterocycles. The van der Waals surface area contributed by atoms with E-state index in [0.717, 1.165) is 11.4 Å². The van der Waals surface area contributed by atoms with Gasteiger partial charge < -0.3 is 15.5 Å². The molecule has 0 aliphatic heterocycles. The van der Waals surface area contributed by atoms with Gasteiger partial charge in [-0.25, -0.2) is 9.97 Å². The Bertz CT molecular complexity index is 847. The van der Waals surface area contributed by atoms with Gasteiger partial charge in [-0.05, 0) is 36.4 Å². The molecule has 0 aliphatic carbocycles. The average molecular weight is 348 g/mol. The van der Waals surface area contributed by atoms with Gasteiger partial charge in [-0.2, -0.15) is 0 Å². The van der Waals surface area contributed by atoms with Crippen molar-refractivity contribution in [2.24, 2.45) is 0 Å². The van der Waals surface area contributed by atoms with E-state index in [-0.39, 0.29) is 11.6 Å². The molecule has 3 rings (SSSR count).